The molecule has 0 unspecified atom stereocenters. The summed E-state index contributed by atoms with van der Waals surface area (Å²) in [6.45, 7) is -0.378. The second-order valence-corrected chi connectivity index (χ2v) is 2.68. The lowest BCUT2D eigenvalue weighted by Gasteiger charge is -1.95. The van der Waals surface area contributed by atoms with Gasteiger partial charge in [-0.2, -0.15) is 0 Å². The highest BCUT2D eigenvalue weighted by molar-refractivity contribution is 5.88. The molecule has 6 nitrogen and oxygen atoms in total. The Kier molecular flexibility index (Phi) is 3.50. The fourth-order valence-corrected chi connectivity index (χ4v) is 0.932. The van der Waals surface area contributed by atoms with E-state index in [2.05, 4.69) is 4.99 Å². The first-order valence-corrected chi connectivity index (χ1v) is 4.07. The van der Waals surface area contributed by atoms with Crippen molar-refractivity contribution in [2.75, 3.05) is 6.54 Å². The fraction of sp³-hybridized carbons (Fsp3) is 0.111. The third kappa shape index (κ3) is 3.55. The molecule has 1 rings (SSSR count). The summed E-state index contributed by atoms with van der Waals surface area (Å²) in [4.78, 5) is 23.8. The number of hydrogen-bond donors (Lipinski definition) is 1. The largest absolute Gasteiger partial charge is 0.478 e. The van der Waals surface area contributed by atoms with Gasteiger partial charge in [-0.15, -0.1) is 0 Å². The summed E-state index contributed by atoms with van der Waals surface area (Å²) < 4.78 is 0. The van der Waals surface area contributed by atoms with E-state index in [1.54, 1.807) is 6.07 Å². The zero-order valence-electron chi connectivity index (χ0n) is 7.66. The highest BCUT2D eigenvalue weighted by Crippen LogP contribution is 2.13. The number of rotatable bonds is 4. The van der Waals surface area contributed by atoms with Crippen LogP contribution in [0.15, 0.2) is 29.3 Å². The van der Waals surface area contributed by atoms with Gasteiger partial charge in [0, 0.05) is 4.92 Å². The lowest BCUT2D eigenvalue weighted by atomic mass is 10.2. The van der Waals surface area contributed by atoms with E-state index >= 15 is 0 Å². The Morgan fingerprint density at radius 3 is 2.93 bits per heavy atom. The van der Waals surface area contributed by atoms with Crippen LogP contribution in [0.5, 0.6) is 0 Å². The van der Waals surface area contributed by atoms with E-state index in [1.807, 2.05) is 0 Å². The van der Waals surface area contributed by atoms with Crippen molar-refractivity contribution in [1.82, 2.24) is 0 Å². The van der Waals surface area contributed by atoms with Gasteiger partial charge in [0.05, 0.1) is 17.5 Å². The van der Waals surface area contributed by atoms with Gasteiger partial charge < -0.3 is 5.11 Å². The number of aliphatic imine (C=N–C) groups is 1. The number of nitrogens with zero attached hydrogens (tertiary/aromatic N) is 2. The molecule has 0 aliphatic carbocycles. The molecule has 0 atom stereocenters. The lowest BCUT2D eigenvalue weighted by molar-refractivity contribution is -0.462. The van der Waals surface area contributed by atoms with Crippen LogP contribution in [0, 0.1) is 10.1 Å². The predicted octanol–water partition coefficient (Wildman–Crippen LogP) is 1.36. The quantitative estimate of drug-likeness (QED) is 0.459. The molecule has 0 aliphatic heterocycles. The molecular formula is C9H8N2O4. The number of benzene rings is 1. The van der Waals surface area contributed by atoms with Crippen LogP contribution in [0.1, 0.15) is 10.4 Å². The van der Waals surface area contributed by atoms with Crippen molar-refractivity contribution in [1.29, 1.82) is 0 Å². The molecule has 0 aromatic heterocycles. The first kappa shape index (κ1) is 10.8. The van der Waals surface area contributed by atoms with E-state index in [-0.39, 0.29) is 12.1 Å². The van der Waals surface area contributed by atoms with Crippen LogP contribution in [-0.4, -0.2) is 28.8 Å². The van der Waals surface area contributed by atoms with E-state index in [4.69, 9.17) is 5.11 Å². The van der Waals surface area contributed by atoms with E-state index in [1.165, 1.54) is 18.2 Å². The Morgan fingerprint density at radius 2 is 2.33 bits per heavy atom. The lowest BCUT2D eigenvalue weighted by Crippen LogP contribution is -2.00. The summed E-state index contributed by atoms with van der Waals surface area (Å²) in [7, 11) is 0. The van der Waals surface area contributed by atoms with E-state index in [0.717, 1.165) is 6.21 Å². The van der Waals surface area contributed by atoms with Crippen molar-refractivity contribution in [3.8, 4) is 0 Å². The third-order valence-corrected chi connectivity index (χ3v) is 1.56. The third-order valence-electron chi connectivity index (χ3n) is 1.56. The summed E-state index contributed by atoms with van der Waals surface area (Å²) in [5.74, 6) is -1.05. The minimum Gasteiger partial charge on any atom is -0.478 e. The second kappa shape index (κ2) is 4.85. The maximum atomic E-state index is 10.6. The molecule has 1 aromatic rings. The van der Waals surface area contributed by atoms with Crippen molar-refractivity contribution >= 4 is 17.9 Å². The monoisotopic (exact) mass is 208 g/mol. The van der Waals surface area contributed by atoms with Gasteiger partial charge in [-0.05, 0) is 18.2 Å². The average molecular weight is 208 g/mol. The van der Waals surface area contributed by atoms with Gasteiger partial charge in [0.1, 0.15) is 0 Å². The summed E-state index contributed by atoms with van der Waals surface area (Å²) in [5, 5.41) is 18.6. The summed E-state index contributed by atoms with van der Waals surface area (Å²) in [6.07, 6.45) is 1.13. The molecule has 6 heteroatoms. The molecular weight excluding hydrogens is 200 g/mol. The predicted molar refractivity (Wildman–Crippen MR) is 53.4 cm³/mol. The van der Waals surface area contributed by atoms with Gasteiger partial charge in [0.2, 0.25) is 6.54 Å². The highest BCUT2D eigenvalue weighted by Gasteiger charge is 2.01. The smallest absolute Gasteiger partial charge is 0.335 e. The number of hydrogen-bond acceptors (Lipinski definition) is 4. The number of carboxylic acids is 1. The Labute approximate surface area is 85.0 Å². The summed E-state index contributed by atoms with van der Waals surface area (Å²) in [6, 6.07) is 5.87. The maximum absolute atomic E-state index is 10.6. The van der Waals surface area contributed by atoms with Gasteiger partial charge in [-0.3, -0.25) is 15.1 Å². The Hall–Kier alpha value is -2.24. The topological polar surface area (TPSA) is 92.8 Å². The molecule has 0 spiro atoms. The van der Waals surface area contributed by atoms with Crippen LogP contribution < -0.4 is 0 Å². The summed E-state index contributed by atoms with van der Waals surface area (Å²) in [5.41, 5.74) is 0.488. The minimum atomic E-state index is -1.05. The van der Waals surface area contributed by atoms with Crippen LogP contribution in [0.25, 0.3) is 0 Å². The van der Waals surface area contributed by atoms with Crippen LogP contribution in [0.3, 0.4) is 0 Å². The number of aromatic carboxylic acids is 1. The summed E-state index contributed by atoms with van der Waals surface area (Å²) >= 11 is 0. The number of carbonyl (C=O) groups is 1. The minimum absolute atomic E-state index is 0.103. The Bertz CT molecular complexity index is 414. The molecule has 1 aromatic carbocycles. The van der Waals surface area contributed by atoms with Crippen molar-refractivity contribution < 1.29 is 14.8 Å². The molecule has 78 valence electrons. The molecule has 0 heterocycles. The molecule has 0 saturated carbocycles. The van der Waals surface area contributed by atoms with Crippen molar-refractivity contribution in [3.05, 3.63) is 39.9 Å². The normalized spacial score (nSPS) is 10.4. The van der Waals surface area contributed by atoms with E-state index < -0.39 is 10.9 Å². The maximum Gasteiger partial charge on any atom is 0.335 e. The van der Waals surface area contributed by atoms with Crippen LogP contribution in [0.4, 0.5) is 5.69 Å². The first-order valence-electron chi connectivity index (χ1n) is 4.07. The Morgan fingerprint density at radius 1 is 1.60 bits per heavy atom. The van der Waals surface area contributed by atoms with E-state index in [0.29, 0.717) is 5.69 Å². The van der Waals surface area contributed by atoms with Gasteiger partial charge in [0.25, 0.3) is 0 Å². The molecule has 15 heavy (non-hydrogen) atoms. The fourth-order valence-electron chi connectivity index (χ4n) is 0.932. The average Bonchev–Trinajstić information content (AvgIpc) is 2.17. The highest BCUT2D eigenvalue weighted by atomic mass is 16.6. The van der Waals surface area contributed by atoms with Crippen molar-refractivity contribution in [2.45, 2.75) is 0 Å². The zero-order valence-corrected chi connectivity index (χ0v) is 7.66. The van der Waals surface area contributed by atoms with Gasteiger partial charge in [-0.1, -0.05) is 6.07 Å². The van der Waals surface area contributed by atoms with Crippen molar-refractivity contribution in [3.63, 3.8) is 0 Å². The zero-order chi connectivity index (χ0) is 11.3. The standard InChI is InChI=1S/C9H8N2O4/c12-9(13)7-2-1-3-8(6-7)10-4-5-11(14)15/h1-4,6H,5H2,(H,12,13). The van der Waals surface area contributed by atoms with Crippen LogP contribution in [-0.2, 0) is 0 Å². The molecule has 1 N–H and O–H groups in total. The van der Waals surface area contributed by atoms with Gasteiger partial charge >= 0.3 is 5.97 Å². The Balaban J connectivity index is 2.78. The second-order valence-electron chi connectivity index (χ2n) is 2.68. The number of carboxylic acid groups (broad SMARTS) is 1. The molecule has 0 fully saturated rings. The van der Waals surface area contributed by atoms with Crippen molar-refractivity contribution in [2.24, 2.45) is 4.99 Å². The van der Waals surface area contributed by atoms with Gasteiger partial charge in [-0.25, -0.2) is 4.79 Å². The van der Waals surface area contributed by atoms with Crippen LogP contribution in [0.2, 0.25) is 0 Å². The molecule has 0 bridgehead atoms. The number of nitro groups is 1. The molecule has 0 radical (unpaired) electrons. The van der Waals surface area contributed by atoms with E-state index in [9.17, 15) is 14.9 Å². The first-order chi connectivity index (χ1) is 7.09. The van der Waals surface area contributed by atoms with Crippen LogP contribution >= 0.6 is 0 Å². The molecule has 0 amide bonds. The SMILES string of the molecule is O=C(O)c1cccc(N=CC[N+](=O)[O-])c1. The molecule has 0 aliphatic rings. The molecule has 0 saturated heterocycles. The van der Waals surface area contributed by atoms with Gasteiger partial charge in [0.15, 0.2) is 0 Å².